The molecule has 1 saturated heterocycles. The molecule has 3 rings (SSSR count). The van der Waals surface area contributed by atoms with Crippen LogP contribution in [0.4, 0.5) is 0 Å². The molecule has 2 N–H and O–H groups in total. The van der Waals surface area contributed by atoms with Crippen LogP contribution in [0.2, 0.25) is 0 Å². The third kappa shape index (κ3) is 7.40. The Hall–Kier alpha value is -2.57. The predicted molar refractivity (Wildman–Crippen MR) is 117 cm³/mol. The molecule has 2 aromatic carbocycles. The summed E-state index contributed by atoms with van der Waals surface area (Å²) >= 11 is 0. The Morgan fingerprint density at radius 1 is 1.03 bits per heavy atom. The van der Waals surface area contributed by atoms with Crippen LogP contribution in [0, 0.1) is 0 Å². The highest BCUT2D eigenvalue weighted by Gasteiger charge is 2.10. The lowest BCUT2D eigenvalue weighted by atomic mass is 10.2. The average Bonchev–Trinajstić information content (AvgIpc) is 2.78. The zero-order chi connectivity index (χ0) is 20.2. The van der Waals surface area contributed by atoms with Crippen LogP contribution in [0.1, 0.15) is 18.1 Å². The number of hydrogen-bond acceptors (Lipinski definition) is 4. The largest absolute Gasteiger partial charge is 0.492 e. The van der Waals surface area contributed by atoms with Crippen LogP contribution in [0.15, 0.2) is 59.6 Å². The summed E-state index contributed by atoms with van der Waals surface area (Å²) in [7, 11) is 0. The first kappa shape index (κ1) is 21.1. The fourth-order valence-electron chi connectivity index (χ4n) is 3.17. The molecule has 0 saturated carbocycles. The first-order chi connectivity index (χ1) is 14.3. The zero-order valence-corrected chi connectivity index (χ0v) is 17.3. The van der Waals surface area contributed by atoms with Gasteiger partial charge in [0.1, 0.15) is 12.4 Å². The van der Waals surface area contributed by atoms with Crippen LogP contribution in [0.25, 0.3) is 0 Å². The van der Waals surface area contributed by atoms with Crippen molar-refractivity contribution in [3.05, 3.63) is 65.7 Å². The number of ether oxygens (including phenoxy) is 2. The van der Waals surface area contributed by atoms with E-state index in [0.29, 0.717) is 19.7 Å². The van der Waals surface area contributed by atoms with Crippen molar-refractivity contribution < 1.29 is 9.47 Å². The van der Waals surface area contributed by atoms with Gasteiger partial charge in [-0.1, -0.05) is 48.5 Å². The summed E-state index contributed by atoms with van der Waals surface area (Å²) < 4.78 is 11.5. The quantitative estimate of drug-likeness (QED) is 0.504. The van der Waals surface area contributed by atoms with Gasteiger partial charge < -0.3 is 20.1 Å². The lowest BCUT2D eigenvalue weighted by Gasteiger charge is -2.26. The Kier molecular flexibility index (Phi) is 8.82. The number of nitrogens with zero attached hydrogens (tertiary/aromatic N) is 2. The number of morpholine rings is 1. The summed E-state index contributed by atoms with van der Waals surface area (Å²) in [5.41, 5.74) is 2.32. The van der Waals surface area contributed by atoms with E-state index in [1.807, 2.05) is 36.4 Å². The third-order valence-electron chi connectivity index (χ3n) is 4.79. The summed E-state index contributed by atoms with van der Waals surface area (Å²) in [5.74, 6) is 1.73. The van der Waals surface area contributed by atoms with Crippen molar-refractivity contribution in [1.29, 1.82) is 0 Å². The number of benzene rings is 2. The lowest BCUT2D eigenvalue weighted by Crippen LogP contribution is -2.38. The maximum absolute atomic E-state index is 6.08. The molecular formula is C23H32N4O2. The summed E-state index contributed by atoms with van der Waals surface area (Å²) in [5, 5.41) is 6.73. The molecule has 1 aliphatic heterocycles. The molecular weight excluding hydrogens is 364 g/mol. The monoisotopic (exact) mass is 396 g/mol. The first-order valence-corrected chi connectivity index (χ1v) is 10.4. The molecule has 6 nitrogen and oxygen atoms in total. The molecule has 6 heteroatoms. The number of guanidine groups is 1. The van der Waals surface area contributed by atoms with Crippen molar-refractivity contribution in [3.63, 3.8) is 0 Å². The minimum absolute atomic E-state index is 0.647. The minimum Gasteiger partial charge on any atom is -0.492 e. The average molecular weight is 397 g/mol. The number of aliphatic imine (C=N–C) groups is 1. The standard InChI is InChI=1S/C23H32N4O2/c1-2-24-23(25-18-20-8-4-3-5-9-20)26-19-21-10-6-7-11-22(21)29-17-14-27-12-15-28-16-13-27/h3-11H,2,12-19H2,1H3,(H2,24,25,26). The van der Waals surface area contributed by atoms with Crippen LogP contribution in [0.5, 0.6) is 5.75 Å². The minimum atomic E-state index is 0.647. The van der Waals surface area contributed by atoms with Gasteiger partial charge in [0.05, 0.1) is 19.8 Å². The van der Waals surface area contributed by atoms with Gasteiger partial charge in [0, 0.05) is 38.3 Å². The number of rotatable bonds is 9. The fourth-order valence-corrected chi connectivity index (χ4v) is 3.17. The maximum atomic E-state index is 6.08. The van der Waals surface area contributed by atoms with E-state index >= 15 is 0 Å². The summed E-state index contributed by atoms with van der Waals surface area (Å²) in [6.45, 7) is 9.40. The molecule has 1 fully saturated rings. The number of nitrogens with one attached hydrogen (secondary N) is 2. The molecule has 0 amide bonds. The van der Waals surface area contributed by atoms with Crippen molar-refractivity contribution in [2.24, 2.45) is 4.99 Å². The van der Waals surface area contributed by atoms with Gasteiger partial charge in [-0.3, -0.25) is 4.90 Å². The van der Waals surface area contributed by atoms with Gasteiger partial charge in [0.25, 0.3) is 0 Å². The van der Waals surface area contributed by atoms with Crippen molar-refractivity contribution in [2.75, 3.05) is 46.0 Å². The SMILES string of the molecule is CCNC(=NCc1ccccc1)NCc1ccccc1OCCN1CCOCC1. The van der Waals surface area contributed by atoms with Gasteiger partial charge in [-0.25, -0.2) is 4.99 Å². The Bertz CT molecular complexity index is 746. The smallest absolute Gasteiger partial charge is 0.191 e. The summed E-state index contributed by atoms with van der Waals surface area (Å²) in [6.07, 6.45) is 0. The van der Waals surface area contributed by atoms with E-state index in [-0.39, 0.29) is 0 Å². The topological polar surface area (TPSA) is 58.1 Å². The Morgan fingerprint density at radius 2 is 1.79 bits per heavy atom. The zero-order valence-electron chi connectivity index (χ0n) is 17.3. The Balaban J connectivity index is 1.52. The van der Waals surface area contributed by atoms with Crippen LogP contribution < -0.4 is 15.4 Å². The lowest BCUT2D eigenvalue weighted by molar-refractivity contribution is 0.0322. The van der Waals surface area contributed by atoms with Gasteiger partial charge in [-0.2, -0.15) is 0 Å². The van der Waals surface area contributed by atoms with Gasteiger partial charge >= 0.3 is 0 Å². The molecule has 0 unspecified atom stereocenters. The van der Waals surface area contributed by atoms with E-state index in [9.17, 15) is 0 Å². The summed E-state index contributed by atoms with van der Waals surface area (Å²) in [4.78, 5) is 7.07. The van der Waals surface area contributed by atoms with Crippen LogP contribution >= 0.6 is 0 Å². The normalized spacial score (nSPS) is 15.1. The van der Waals surface area contributed by atoms with Gasteiger partial charge in [-0.15, -0.1) is 0 Å². The second-order valence-corrected chi connectivity index (χ2v) is 6.94. The molecule has 2 aromatic rings. The van der Waals surface area contributed by atoms with E-state index in [2.05, 4.69) is 45.6 Å². The van der Waals surface area contributed by atoms with Gasteiger partial charge in [-0.05, 0) is 18.6 Å². The molecule has 0 aliphatic carbocycles. The fraction of sp³-hybridized carbons (Fsp3) is 0.435. The molecule has 0 atom stereocenters. The molecule has 29 heavy (non-hydrogen) atoms. The second-order valence-electron chi connectivity index (χ2n) is 6.94. The third-order valence-corrected chi connectivity index (χ3v) is 4.79. The Labute approximate surface area is 173 Å². The maximum Gasteiger partial charge on any atom is 0.191 e. The molecule has 0 radical (unpaired) electrons. The highest BCUT2D eigenvalue weighted by atomic mass is 16.5. The van der Waals surface area contributed by atoms with Gasteiger partial charge in [0.15, 0.2) is 5.96 Å². The molecule has 0 bridgehead atoms. The highest BCUT2D eigenvalue weighted by Crippen LogP contribution is 2.17. The van der Waals surface area contributed by atoms with Crippen molar-refractivity contribution >= 4 is 5.96 Å². The number of hydrogen-bond donors (Lipinski definition) is 2. The van der Waals surface area contributed by atoms with E-state index in [4.69, 9.17) is 9.47 Å². The molecule has 1 aliphatic rings. The second kappa shape index (κ2) is 12.1. The van der Waals surface area contributed by atoms with E-state index in [1.165, 1.54) is 5.56 Å². The number of para-hydroxylation sites is 1. The predicted octanol–water partition coefficient (Wildman–Crippen LogP) is 2.65. The molecule has 156 valence electrons. The van der Waals surface area contributed by atoms with Crippen molar-refractivity contribution in [2.45, 2.75) is 20.0 Å². The van der Waals surface area contributed by atoms with E-state index in [1.54, 1.807) is 0 Å². The Morgan fingerprint density at radius 3 is 2.59 bits per heavy atom. The van der Waals surface area contributed by atoms with Gasteiger partial charge in [0.2, 0.25) is 0 Å². The van der Waals surface area contributed by atoms with Crippen molar-refractivity contribution in [3.8, 4) is 5.75 Å². The van der Waals surface area contributed by atoms with E-state index in [0.717, 1.165) is 56.7 Å². The van der Waals surface area contributed by atoms with Crippen LogP contribution in [-0.4, -0.2) is 56.9 Å². The molecule has 1 heterocycles. The first-order valence-electron chi connectivity index (χ1n) is 10.4. The summed E-state index contributed by atoms with van der Waals surface area (Å²) in [6, 6.07) is 18.5. The van der Waals surface area contributed by atoms with E-state index < -0.39 is 0 Å². The van der Waals surface area contributed by atoms with Crippen LogP contribution in [0.3, 0.4) is 0 Å². The highest BCUT2D eigenvalue weighted by molar-refractivity contribution is 5.79. The van der Waals surface area contributed by atoms with Crippen molar-refractivity contribution in [1.82, 2.24) is 15.5 Å². The van der Waals surface area contributed by atoms with Crippen LogP contribution in [-0.2, 0) is 17.8 Å². The molecule has 0 aromatic heterocycles. The molecule has 0 spiro atoms.